The number of piperidine rings is 1. The Kier molecular flexibility index (Phi) is 4.96. The molecule has 0 spiro atoms. The second-order valence-electron chi connectivity index (χ2n) is 5.96. The van der Waals surface area contributed by atoms with E-state index in [-0.39, 0.29) is 30.8 Å². The molecule has 1 fully saturated rings. The minimum absolute atomic E-state index is 0.0118. The Balaban J connectivity index is 1.96. The van der Waals surface area contributed by atoms with Crippen LogP contribution in [0.4, 0.5) is 4.39 Å². The molecule has 1 aliphatic rings. The van der Waals surface area contributed by atoms with Crippen molar-refractivity contribution in [2.75, 3.05) is 19.7 Å². The molecule has 116 valence electrons. The smallest absolute Gasteiger partial charge is 0.223 e. The fourth-order valence-corrected chi connectivity index (χ4v) is 2.75. The zero-order valence-corrected chi connectivity index (χ0v) is 12.3. The predicted octanol–water partition coefficient (Wildman–Crippen LogP) is 1.67. The number of hydrogen-bond donors (Lipinski definition) is 2. The van der Waals surface area contributed by atoms with Gasteiger partial charge in [-0.15, -0.1) is 0 Å². The number of carbonyl (C=O) groups is 1. The Hall–Kier alpha value is -1.46. The summed E-state index contributed by atoms with van der Waals surface area (Å²) in [5.41, 5.74) is -0.258. The van der Waals surface area contributed by atoms with Gasteiger partial charge >= 0.3 is 0 Å². The molecule has 0 aliphatic carbocycles. The number of aliphatic hydroxyl groups excluding tert-OH is 1. The first-order chi connectivity index (χ1) is 9.93. The fourth-order valence-electron chi connectivity index (χ4n) is 2.75. The first-order valence-electron chi connectivity index (χ1n) is 7.30. The number of nitrogens with zero attached hydrogens (tertiary/aromatic N) is 1. The minimum atomic E-state index is -1.17. The number of rotatable bonds is 4. The van der Waals surface area contributed by atoms with E-state index in [9.17, 15) is 19.4 Å². The molecule has 1 aliphatic heterocycles. The van der Waals surface area contributed by atoms with E-state index in [1.165, 1.54) is 12.1 Å². The van der Waals surface area contributed by atoms with Crippen LogP contribution in [0, 0.1) is 5.82 Å². The number of benzene rings is 1. The lowest BCUT2D eigenvalue weighted by Crippen LogP contribution is -2.52. The first kappa shape index (κ1) is 15.9. The van der Waals surface area contributed by atoms with Gasteiger partial charge in [0.25, 0.3) is 0 Å². The molecule has 0 radical (unpaired) electrons. The van der Waals surface area contributed by atoms with E-state index in [2.05, 4.69) is 0 Å². The SMILES string of the molecule is C[C@H](CC(=O)N1CCC[C@](O)(CO)C1)c1ccc(F)cc1. The van der Waals surface area contributed by atoms with Gasteiger partial charge in [-0.1, -0.05) is 19.1 Å². The topological polar surface area (TPSA) is 60.8 Å². The Morgan fingerprint density at radius 3 is 2.71 bits per heavy atom. The maximum Gasteiger partial charge on any atom is 0.223 e. The number of amides is 1. The molecule has 0 saturated carbocycles. The van der Waals surface area contributed by atoms with Gasteiger partial charge in [0.15, 0.2) is 0 Å². The van der Waals surface area contributed by atoms with Crippen molar-refractivity contribution < 1.29 is 19.4 Å². The number of halogens is 1. The summed E-state index contributed by atoms with van der Waals surface area (Å²) in [5.74, 6) is -0.345. The molecule has 1 amide bonds. The van der Waals surface area contributed by atoms with Crippen LogP contribution in [0.3, 0.4) is 0 Å². The monoisotopic (exact) mass is 295 g/mol. The molecule has 21 heavy (non-hydrogen) atoms. The Morgan fingerprint density at radius 2 is 2.10 bits per heavy atom. The summed E-state index contributed by atoms with van der Waals surface area (Å²) < 4.78 is 12.9. The molecule has 1 aromatic carbocycles. The first-order valence-corrected chi connectivity index (χ1v) is 7.30. The lowest BCUT2D eigenvalue weighted by atomic mass is 9.92. The molecule has 0 aromatic heterocycles. The van der Waals surface area contributed by atoms with Crippen LogP contribution < -0.4 is 0 Å². The third-order valence-corrected chi connectivity index (χ3v) is 4.12. The Bertz CT molecular complexity index is 491. The summed E-state index contributed by atoms with van der Waals surface area (Å²) in [5, 5.41) is 19.3. The molecule has 2 atom stereocenters. The van der Waals surface area contributed by atoms with Crippen molar-refractivity contribution in [1.29, 1.82) is 0 Å². The van der Waals surface area contributed by atoms with Gasteiger partial charge in [0.1, 0.15) is 11.4 Å². The van der Waals surface area contributed by atoms with Crippen molar-refractivity contribution in [3.63, 3.8) is 0 Å². The van der Waals surface area contributed by atoms with Gasteiger partial charge < -0.3 is 15.1 Å². The number of β-amino-alcohol motifs (C(OH)–C–C–N with tert-alkyl or cyclic N) is 1. The van der Waals surface area contributed by atoms with Gasteiger partial charge in [-0.3, -0.25) is 4.79 Å². The standard InChI is InChI=1S/C16H22FNO3/c1-12(13-3-5-14(17)6-4-13)9-15(20)18-8-2-7-16(21,10-18)11-19/h3-6,12,19,21H,2,7-11H2,1H3/t12-,16-/m1/s1. The third kappa shape index (κ3) is 4.02. The molecular weight excluding hydrogens is 273 g/mol. The highest BCUT2D eigenvalue weighted by Gasteiger charge is 2.34. The largest absolute Gasteiger partial charge is 0.393 e. The summed E-state index contributed by atoms with van der Waals surface area (Å²) >= 11 is 0. The average molecular weight is 295 g/mol. The molecule has 1 saturated heterocycles. The van der Waals surface area contributed by atoms with E-state index in [1.807, 2.05) is 6.92 Å². The summed E-state index contributed by atoms with van der Waals surface area (Å²) in [7, 11) is 0. The lowest BCUT2D eigenvalue weighted by molar-refractivity contribution is -0.141. The number of likely N-dealkylation sites (tertiary alicyclic amines) is 1. The van der Waals surface area contributed by atoms with Crippen LogP contribution in [0.25, 0.3) is 0 Å². The van der Waals surface area contributed by atoms with Crippen molar-refractivity contribution >= 4 is 5.91 Å². The van der Waals surface area contributed by atoms with Crippen LogP contribution in [0.15, 0.2) is 24.3 Å². The zero-order valence-electron chi connectivity index (χ0n) is 12.3. The Morgan fingerprint density at radius 1 is 1.43 bits per heavy atom. The summed E-state index contributed by atoms with van der Waals surface area (Å²) in [4.78, 5) is 13.9. The highest BCUT2D eigenvalue weighted by Crippen LogP contribution is 2.24. The highest BCUT2D eigenvalue weighted by atomic mass is 19.1. The minimum Gasteiger partial charge on any atom is -0.393 e. The van der Waals surface area contributed by atoms with Crippen molar-refractivity contribution in [3.05, 3.63) is 35.6 Å². The third-order valence-electron chi connectivity index (χ3n) is 4.12. The molecular formula is C16H22FNO3. The number of hydrogen-bond acceptors (Lipinski definition) is 3. The summed E-state index contributed by atoms with van der Waals surface area (Å²) in [6, 6.07) is 6.16. The Labute approximate surface area is 124 Å². The summed E-state index contributed by atoms with van der Waals surface area (Å²) in [6.45, 7) is 2.38. The number of carbonyl (C=O) groups excluding carboxylic acids is 1. The van der Waals surface area contributed by atoms with E-state index >= 15 is 0 Å². The van der Waals surface area contributed by atoms with Crippen LogP contribution in [-0.2, 0) is 4.79 Å². The van der Waals surface area contributed by atoms with Gasteiger partial charge in [-0.25, -0.2) is 4.39 Å². The van der Waals surface area contributed by atoms with Gasteiger partial charge in [0.2, 0.25) is 5.91 Å². The van der Waals surface area contributed by atoms with Gasteiger partial charge in [-0.2, -0.15) is 0 Å². The van der Waals surface area contributed by atoms with E-state index < -0.39 is 5.60 Å². The highest BCUT2D eigenvalue weighted by molar-refractivity contribution is 5.77. The summed E-state index contributed by atoms with van der Waals surface area (Å²) in [6.07, 6.45) is 1.52. The van der Waals surface area contributed by atoms with Crippen molar-refractivity contribution in [3.8, 4) is 0 Å². The van der Waals surface area contributed by atoms with Crippen LogP contribution in [0.2, 0.25) is 0 Å². The van der Waals surface area contributed by atoms with Crippen LogP contribution in [0.5, 0.6) is 0 Å². The van der Waals surface area contributed by atoms with Crippen LogP contribution in [0.1, 0.15) is 37.7 Å². The van der Waals surface area contributed by atoms with E-state index in [0.29, 0.717) is 25.8 Å². The second kappa shape index (κ2) is 6.54. The zero-order chi connectivity index (χ0) is 15.5. The van der Waals surface area contributed by atoms with Crippen molar-refractivity contribution in [2.24, 2.45) is 0 Å². The molecule has 1 heterocycles. The molecule has 0 unspecified atom stereocenters. The van der Waals surface area contributed by atoms with Crippen LogP contribution >= 0.6 is 0 Å². The molecule has 1 aromatic rings. The quantitative estimate of drug-likeness (QED) is 0.888. The van der Waals surface area contributed by atoms with Crippen molar-refractivity contribution in [2.45, 2.75) is 37.7 Å². The molecule has 2 rings (SSSR count). The normalized spacial score (nSPS) is 23.9. The second-order valence-corrected chi connectivity index (χ2v) is 5.96. The van der Waals surface area contributed by atoms with Crippen LogP contribution in [-0.4, -0.2) is 46.3 Å². The van der Waals surface area contributed by atoms with E-state index in [1.54, 1.807) is 17.0 Å². The van der Waals surface area contributed by atoms with Gasteiger partial charge in [-0.05, 0) is 36.5 Å². The van der Waals surface area contributed by atoms with Gasteiger partial charge in [0.05, 0.1) is 13.2 Å². The van der Waals surface area contributed by atoms with Gasteiger partial charge in [0, 0.05) is 13.0 Å². The lowest BCUT2D eigenvalue weighted by Gasteiger charge is -2.38. The molecule has 5 heteroatoms. The van der Waals surface area contributed by atoms with Crippen molar-refractivity contribution in [1.82, 2.24) is 4.90 Å². The van der Waals surface area contributed by atoms with E-state index in [0.717, 1.165) is 5.56 Å². The van der Waals surface area contributed by atoms with E-state index in [4.69, 9.17) is 0 Å². The molecule has 4 nitrogen and oxygen atoms in total. The molecule has 2 N–H and O–H groups in total. The number of aliphatic hydroxyl groups is 2. The predicted molar refractivity (Wildman–Crippen MR) is 77.3 cm³/mol. The average Bonchev–Trinajstić information content (AvgIpc) is 2.48. The molecule has 0 bridgehead atoms. The maximum atomic E-state index is 12.9. The maximum absolute atomic E-state index is 12.9. The fraction of sp³-hybridized carbons (Fsp3) is 0.562.